The minimum absolute atomic E-state index is 0.0108. The monoisotopic (exact) mass is 200 g/mol. The van der Waals surface area contributed by atoms with E-state index in [1.807, 2.05) is 0 Å². The highest BCUT2D eigenvalue weighted by atomic mass is 28.3. The molecule has 2 heteroatoms. The molecule has 1 saturated carbocycles. The van der Waals surface area contributed by atoms with Gasteiger partial charge < -0.3 is 5.11 Å². The quantitative estimate of drug-likeness (QED) is 0.675. The maximum atomic E-state index is 9.88. The molecular weight excluding hydrogens is 176 g/mol. The second kappa shape index (κ2) is 4.14. The number of hydrogen-bond donors (Lipinski definition) is 1. The van der Waals surface area contributed by atoms with E-state index >= 15 is 0 Å². The van der Waals surface area contributed by atoms with Gasteiger partial charge in [-0.25, -0.2) is 0 Å². The molecule has 1 aliphatic carbocycles. The highest BCUT2D eigenvalue weighted by molar-refractivity contribution is 6.78. The van der Waals surface area contributed by atoms with Crippen molar-refractivity contribution >= 4 is 8.07 Å². The zero-order chi connectivity index (χ0) is 10.1. The normalized spacial score (nSPS) is 30.2. The molecule has 0 unspecified atom stereocenters. The lowest BCUT2D eigenvalue weighted by Crippen LogP contribution is -2.23. The van der Waals surface area contributed by atoms with Crippen LogP contribution in [0.4, 0.5) is 0 Å². The Morgan fingerprint density at radius 1 is 1.38 bits per heavy atom. The Morgan fingerprint density at radius 2 is 2.00 bits per heavy atom. The largest absolute Gasteiger partial charge is 0.393 e. The maximum absolute atomic E-state index is 9.88. The molecule has 0 aromatic rings. The third-order valence-corrected chi connectivity index (χ3v) is 6.19. The number of rotatable bonds is 5. The van der Waals surface area contributed by atoms with Crippen LogP contribution in [0.15, 0.2) is 0 Å². The second-order valence-corrected chi connectivity index (χ2v) is 11.1. The Labute approximate surface area is 83.6 Å². The summed E-state index contributed by atoms with van der Waals surface area (Å²) < 4.78 is 0. The lowest BCUT2D eigenvalue weighted by molar-refractivity contribution is 0.138. The predicted octanol–water partition coefficient (Wildman–Crippen LogP) is 3.27. The second-order valence-electron chi connectivity index (χ2n) is 5.58. The number of aliphatic hydroxyl groups excluding tert-OH is 1. The van der Waals surface area contributed by atoms with Crippen molar-refractivity contribution in [2.45, 2.75) is 63.9 Å². The summed E-state index contributed by atoms with van der Waals surface area (Å²) >= 11 is 0. The van der Waals surface area contributed by atoms with Crippen LogP contribution in [-0.2, 0) is 0 Å². The fraction of sp³-hybridized carbons (Fsp3) is 1.00. The van der Waals surface area contributed by atoms with Gasteiger partial charge in [-0.15, -0.1) is 0 Å². The molecule has 0 heterocycles. The summed E-state index contributed by atoms with van der Waals surface area (Å²) in [6.45, 7) is 9.45. The predicted molar refractivity (Wildman–Crippen MR) is 60.7 cm³/mol. The fourth-order valence-corrected chi connectivity index (χ4v) is 4.75. The van der Waals surface area contributed by atoms with E-state index in [9.17, 15) is 5.11 Å². The van der Waals surface area contributed by atoms with E-state index in [0.29, 0.717) is 5.92 Å². The number of unbranched alkanes of at least 4 members (excludes halogenated alkanes) is 1. The van der Waals surface area contributed by atoms with Gasteiger partial charge in [0.25, 0.3) is 0 Å². The van der Waals surface area contributed by atoms with Crippen LogP contribution in [0.1, 0.15) is 32.6 Å². The number of hydrogen-bond acceptors (Lipinski definition) is 1. The summed E-state index contributed by atoms with van der Waals surface area (Å²) in [5.41, 5.74) is 0.902. The summed E-state index contributed by atoms with van der Waals surface area (Å²) in [7, 11) is -0.949. The van der Waals surface area contributed by atoms with Gasteiger partial charge in [-0.1, -0.05) is 39.4 Å². The lowest BCUT2D eigenvalue weighted by Gasteiger charge is -2.17. The molecule has 0 saturated heterocycles. The van der Waals surface area contributed by atoms with Crippen LogP contribution in [0.2, 0.25) is 25.2 Å². The summed E-state index contributed by atoms with van der Waals surface area (Å²) in [4.78, 5) is 0. The first-order valence-electron chi connectivity index (χ1n) is 5.65. The van der Waals surface area contributed by atoms with E-state index in [4.69, 9.17) is 0 Å². The molecule has 0 aromatic carbocycles. The van der Waals surface area contributed by atoms with Gasteiger partial charge in [0.15, 0.2) is 0 Å². The first-order chi connectivity index (χ1) is 5.96. The van der Waals surface area contributed by atoms with Gasteiger partial charge in [-0.05, 0) is 24.3 Å². The van der Waals surface area contributed by atoms with E-state index < -0.39 is 8.07 Å². The number of aliphatic hydroxyl groups is 1. The molecule has 13 heavy (non-hydrogen) atoms. The van der Waals surface area contributed by atoms with E-state index in [1.54, 1.807) is 0 Å². The first kappa shape index (κ1) is 11.3. The molecule has 0 bridgehead atoms. The fourth-order valence-electron chi connectivity index (χ4n) is 2.26. The van der Waals surface area contributed by atoms with Crippen molar-refractivity contribution in [1.29, 1.82) is 0 Å². The van der Waals surface area contributed by atoms with Gasteiger partial charge in [0.2, 0.25) is 0 Å². The van der Waals surface area contributed by atoms with Crippen molar-refractivity contribution in [2.24, 2.45) is 5.92 Å². The summed E-state index contributed by atoms with van der Waals surface area (Å²) in [5, 5.41) is 9.88. The molecule has 1 rings (SSSR count). The molecule has 3 atom stereocenters. The minimum atomic E-state index is -0.949. The van der Waals surface area contributed by atoms with Gasteiger partial charge in [-0.2, -0.15) is 0 Å². The van der Waals surface area contributed by atoms with E-state index in [0.717, 1.165) is 12.0 Å². The zero-order valence-electron chi connectivity index (χ0n) is 9.51. The van der Waals surface area contributed by atoms with Crippen molar-refractivity contribution in [2.75, 3.05) is 0 Å². The molecule has 1 fully saturated rings. The van der Waals surface area contributed by atoms with Gasteiger partial charge in [0, 0.05) is 8.07 Å². The highest BCUT2D eigenvalue weighted by Gasteiger charge is 2.49. The molecule has 0 amide bonds. The first-order valence-corrected chi connectivity index (χ1v) is 9.22. The summed E-state index contributed by atoms with van der Waals surface area (Å²) in [5.74, 6) is 0.665. The molecule has 78 valence electrons. The van der Waals surface area contributed by atoms with Crippen LogP contribution in [0.5, 0.6) is 0 Å². The molecule has 0 spiro atoms. The van der Waals surface area contributed by atoms with Crippen molar-refractivity contribution in [3.8, 4) is 0 Å². The van der Waals surface area contributed by atoms with Crippen LogP contribution in [-0.4, -0.2) is 19.3 Å². The van der Waals surface area contributed by atoms with Crippen LogP contribution in [0.25, 0.3) is 0 Å². The van der Waals surface area contributed by atoms with E-state index in [2.05, 4.69) is 26.6 Å². The molecular formula is C11H24OSi. The maximum Gasteiger partial charge on any atom is 0.0568 e. The molecule has 0 aliphatic heterocycles. The van der Waals surface area contributed by atoms with Gasteiger partial charge in [0.1, 0.15) is 0 Å². The van der Waals surface area contributed by atoms with Crippen LogP contribution in [0, 0.1) is 5.92 Å². The standard InChI is InChI=1S/C11H24OSi/c1-5-6-7-10(12)9-8-11(9)13(2,3)4/h9-12H,5-8H2,1-4H3/t9-,10-,11+/m0/s1. The average Bonchev–Trinajstić information content (AvgIpc) is 2.77. The highest BCUT2D eigenvalue weighted by Crippen LogP contribution is 2.54. The van der Waals surface area contributed by atoms with Gasteiger partial charge in [0.05, 0.1) is 6.10 Å². The lowest BCUT2D eigenvalue weighted by atomic mass is 10.1. The average molecular weight is 200 g/mol. The summed E-state index contributed by atoms with van der Waals surface area (Å²) in [6.07, 6.45) is 4.75. The molecule has 1 aliphatic rings. The Balaban J connectivity index is 2.25. The topological polar surface area (TPSA) is 20.2 Å². The van der Waals surface area contributed by atoms with Crippen LogP contribution >= 0.6 is 0 Å². The van der Waals surface area contributed by atoms with Crippen molar-refractivity contribution in [1.82, 2.24) is 0 Å². The van der Waals surface area contributed by atoms with Gasteiger partial charge in [-0.3, -0.25) is 0 Å². The summed E-state index contributed by atoms with van der Waals surface area (Å²) in [6, 6.07) is 0. The molecule has 1 N–H and O–H groups in total. The molecule has 1 nitrogen and oxygen atoms in total. The van der Waals surface area contributed by atoms with Crippen molar-refractivity contribution in [3.63, 3.8) is 0 Å². The SMILES string of the molecule is CCCC[C@H](O)[C@@H]1C[C@H]1[Si](C)(C)C. The Morgan fingerprint density at radius 3 is 2.38 bits per heavy atom. The smallest absolute Gasteiger partial charge is 0.0568 e. The van der Waals surface area contributed by atoms with Crippen molar-refractivity contribution in [3.05, 3.63) is 0 Å². The van der Waals surface area contributed by atoms with E-state index in [-0.39, 0.29) is 6.10 Å². The minimum Gasteiger partial charge on any atom is -0.393 e. The third kappa shape index (κ3) is 3.10. The Hall–Kier alpha value is 0.177. The van der Waals surface area contributed by atoms with Crippen LogP contribution < -0.4 is 0 Å². The Kier molecular flexibility index (Phi) is 3.58. The zero-order valence-corrected chi connectivity index (χ0v) is 10.5. The van der Waals surface area contributed by atoms with Gasteiger partial charge >= 0.3 is 0 Å². The third-order valence-electron chi connectivity index (χ3n) is 3.30. The van der Waals surface area contributed by atoms with E-state index in [1.165, 1.54) is 19.3 Å². The molecule has 0 aromatic heterocycles. The van der Waals surface area contributed by atoms with Crippen molar-refractivity contribution < 1.29 is 5.11 Å². The Bertz CT molecular complexity index is 162. The molecule has 0 radical (unpaired) electrons. The van der Waals surface area contributed by atoms with Crippen LogP contribution in [0.3, 0.4) is 0 Å².